The molecule has 3 aromatic carbocycles. The van der Waals surface area contributed by atoms with Crippen LogP contribution in [0.1, 0.15) is 89.8 Å². The summed E-state index contributed by atoms with van der Waals surface area (Å²) >= 11 is 0. The highest BCUT2D eigenvalue weighted by atomic mass is 16.5. The van der Waals surface area contributed by atoms with E-state index in [2.05, 4.69) is 80.6 Å². The van der Waals surface area contributed by atoms with Crippen molar-refractivity contribution in [1.29, 1.82) is 0 Å². The van der Waals surface area contributed by atoms with Crippen molar-refractivity contribution in [3.8, 4) is 39.5 Å². The molecule has 5 heterocycles. The van der Waals surface area contributed by atoms with Crippen LogP contribution in [0.3, 0.4) is 0 Å². The molecule has 16 heteroatoms. The molecule has 2 aliphatic rings. The summed E-state index contributed by atoms with van der Waals surface area (Å²) in [6.07, 6.45) is 5.14. The number of H-pyrrole nitrogens is 2. The Bertz CT molecular complexity index is 2700. The second-order valence-electron chi connectivity index (χ2n) is 17.7. The number of imidazole rings is 2. The third-order valence-corrected chi connectivity index (χ3v) is 12.6. The maximum Gasteiger partial charge on any atom is 0.407 e. The maximum atomic E-state index is 13.8. The molecule has 8 rings (SSSR count). The van der Waals surface area contributed by atoms with Gasteiger partial charge in [-0.3, -0.25) is 9.59 Å². The molecule has 4 amide bonds. The van der Waals surface area contributed by atoms with Crippen molar-refractivity contribution in [3.63, 3.8) is 0 Å². The Labute approximate surface area is 384 Å². The minimum absolute atomic E-state index is 0.134. The normalized spacial score (nSPS) is 16.3. The first-order valence-corrected chi connectivity index (χ1v) is 22.8. The number of nitrogens with zero attached hydrogens (tertiary/aromatic N) is 5. The molecule has 2 aliphatic heterocycles. The third kappa shape index (κ3) is 9.22. The highest BCUT2D eigenvalue weighted by Gasteiger charge is 2.38. The monoisotopic (exact) mass is 897 g/mol. The highest BCUT2D eigenvalue weighted by molar-refractivity contribution is 5.93. The number of fused-ring (bicyclic) bond motifs is 5. The number of hydrogen-bond donors (Lipinski definition) is 4. The molecule has 6 aromatic rings. The molecule has 3 aromatic heterocycles. The van der Waals surface area contributed by atoms with Gasteiger partial charge in [0.1, 0.15) is 29.5 Å². The Morgan fingerprint density at radius 3 is 2.24 bits per heavy atom. The number of aromatic nitrogens is 5. The third-order valence-electron chi connectivity index (χ3n) is 12.6. The molecule has 0 aliphatic carbocycles. The van der Waals surface area contributed by atoms with Gasteiger partial charge in [-0.2, -0.15) is 0 Å². The minimum atomic E-state index is -0.736. The molecule has 0 spiro atoms. The maximum absolute atomic E-state index is 13.8. The molecular formula is C50H59N9O7. The predicted octanol–water partition coefficient (Wildman–Crippen LogP) is 8.58. The van der Waals surface area contributed by atoms with E-state index in [-0.39, 0.29) is 36.2 Å². The molecule has 346 valence electrons. The number of benzene rings is 3. The van der Waals surface area contributed by atoms with Gasteiger partial charge in [0.25, 0.3) is 0 Å². The van der Waals surface area contributed by atoms with E-state index >= 15 is 0 Å². The number of carbonyl (C=O) groups is 4. The van der Waals surface area contributed by atoms with E-state index in [1.54, 1.807) is 22.2 Å². The quantitative estimate of drug-likeness (QED) is 0.0783. The number of methoxy groups -OCH3 is 2. The lowest BCUT2D eigenvalue weighted by atomic mass is 10.0. The first-order valence-electron chi connectivity index (χ1n) is 22.8. The van der Waals surface area contributed by atoms with Gasteiger partial charge in [-0.25, -0.2) is 19.6 Å². The summed E-state index contributed by atoms with van der Waals surface area (Å²) in [5.74, 6) is 1.43. The molecule has 66 heavy (non-hydrogen) atoms. The van der Waals surface area contributed by atoms with Crippen LogP contribution in [0.2, 0.25) is 0 Å². The van der Waals surface area contributed by atoms with Gasteiger partial charge in [0.2, 0.25) is 18.0 Å². The molecule has 1 saturated heterocycles. The number of rotatable bonds is 15. The van der Waals surface area contributed by atoms with Gasteiger partial charge >= 0.3 is 12.2 Å². The Kier molecular flexibility index (Phi) is 13.5. The summed E-state index contributed by atoms with van der Waals surface area (Å²) in [6, 6.07) is 23.1. The molecule has 0 saturated carbocycles. The van der Waals surface area contributed by atoms with E-state index in [1.807, 2.05) is 52.0 Å². The average Bonchev–Trinajstić information content (AvgIpc) is 4.17. The number of ether oxygens (including phenoxy) is 3. The van der Waals surface area contributed by atoms with Crippen molar-refractivity contribution in [2.24, 2.45) is 11.8 Å². The van der Waals surface area contributed by atoms with Gasteiger partial charge in [0.15, 0.2) is 0 Å². The second-order valence-corrected chi connectivity index (χ2v) is 17.7. The number of nitrogens with one attached hydrogen (secondary N) is 4. The van der Waals surface area contributed by atoms with Crippen LogP contribution in [0.4, 0.5) is 9.59 Å². The van der Waals surface area contributed by atoms with Crippen LogP contribution in [-0.4, -0.2) is 97.7 Å². The highest BCUT2D eigenvalue weighted by Crippen LogP contribution is 2.46. The number of unbranched alkanes of at least 4 members (excludes halogenated alkanes) is 1. The van der Waals surface area contributed by atoms with E-state index in [9.17, 15) is 19.2 Å². The van der Waals surface area contributed by atoms with E-state index < -0.39 is 30.5 Å². The van der Waals surface area contributed by atoms with Crippen molar-refractivity contribution in [2.45, 2.75) is 91.2 Å². The van der Waals surface area contributed by atoms with Crippen LogP contribution >= 0.6 is 0 Å². The molecule has 0 unspecified atom stereocenters. The van der Waals surface area contributed by atoms with Crippen molar-refractivity contribution >= 4 is 34.9 Å². The predicted molar refractivity (Wildman–Crippen MR) is 250 cm³/mol. The van der Waals surface area contributed by atoms with Gasteiger partial charge in [-0.05, 0) is 61.4 Å². The molecule has 4 atom stereocenters. The molecule has 1 fully saturated rings. The number of carbonyl (C=O) groups excluding carboxylic acids is 4. The summed E-state index contributed by atoms with van der Waals surface area (Å²) in [5.41, 5.74) is 7.38. The summed E-state index contributed by atoms with van der Waals surface area (Å²) in [7, 11) is 2.58. The summed E-state index contributed by atoms with van der Waals surface area (Å²) < 4.78 is 18.8. The Morgan fingerprint density at radius 1 is 0.848 bits per heavy atom. The smallest absolute Gasteiger partial charge is 0.407 e. The Morgan fingerprint density at radius 2 is 1.53 bits per heavy atom. The van der Waals surface area contributed by atoms with Crippen LogP contribution in [-0.2, 0) is 25.6 Å². The molecule has 0 radical (unpaired) electrons. The van der Waals surface area contributed by atoms with Gasteiger partial charge in [-0.15, -0.1) is 0 Å². The van der Waals surface area contributed by atoms with Crippen LogP contribution in [0.5, 0.6) is 5.75 Å². The Hall–Kier alpha value is -7.10. The molecule has 4 N–H and O–H groups in total. The van der Waals surface area contributed by atoms with Crippen molar-refractivity contribution < 1.29 is 33.4 Å². The molecule has 16 nitrogen and oxygen atoms in total. The fourth-order valence-corrected chi connectivity index (χ4v) is 9.00. The van der Waals surface area contributed by atoms with Crippen molar-refractivity contribution in [2.75, 3.05) is 27.3 Å². The van der Waals surface area contributed by atoms with E-state index in [4.69, 9.17) is 24.2 Å². The van der Waals surface area contributed by atoms with Gasteiger partial charge < -0.3 is 49.2 Å². The summed E-state index contributed by atoms with van der Waals surface area (Å²) in [6.45, 7) is 11.0. The molecule has 0 bridgehead atoms. The van der Waals surface area contributed by atoms with E-state index in [1.165, 1.54) is 14.2 Å². The van der Waals surface area contributed by atoms with Crippen molar-refractivity contribution in [3.05, 3.63) is 102 Å². The van der Waals surface area contributed by atoms with Crippen molar-refractivity contribution in [1.82, 2.24) is 44.9 Å². The largest absolute Gasteiger partial charge is 0.465 e. The van der Waals surface area contributed by atoms with Crippen LogP contribution in [0, 0.1) is 11.8 Å². The first kappa shape index (κ1) is 45.5. The minimum Gasteiger partial charge on any atom is -0.465 e. The zero-order valence-electron chi connectivity index (χ0n) is 38.6. The lowest BCUT2D eigenvalue weighted by molar-refractivity contribution is -0.136. The molecular weight excluding hydrogens is 839 g/mol. The first-order chi connectivity index (χ1) is 31.9. The van der Waals surface area contributed by atoms with E-state index in [0.29, 0.717) is 24.7 Å². The second kappa shape index (κ2) is 19.6. The lowest BCUT2D eigenvalue weighted by Crippen LogP contribution is -2.51. The van der Waals surface area contributed by atoms with Crippen LogP contribution in [0.25, 0.3) is 44.7 Å². The number of likely N-dealkylation sites (tertiary alicyclic amines) is 1. The zero-order chi connectivity index (χ0) is 46.6. The number of amides is 4. The summed E-state index contributed by atoms with van der Waals surface area (Å²) in [5, 5.41) is 6.45. The lowest BCUT2D eigenvalue weighted by Gasteiger charge is -2.30. The fourth-order valence-electron chi connectivity index (χ4n) is 9.00. The van der Waals surface area contributed by atoms with E-state index in [0.717, 1.165) is 81.7 Å². The SMILES string of the molecule is CCCCN(Cc1ncc(-c2ccc3c(c2)cc2n3[C@H](c3ccccc3)Oc3cc(-c4cnc([C@@H]5CCCN5C(=O)[C@@H](NC(=O)OC)C(C)C)[nH]4)ccc3-2)[nH]1)C(=O)[C@@H](NC(=O)OC)C(C)C. The summed E-state index contributed by atoms with van der Waals surface area (Å²) in [4.78, 5) is 71.8. The topological polar surface area (TPSA) is 189 Å². The Balaban J connectivity index is 1.07. The van der Waals surface area contributed by atoms with Gasteiger partial charge in [0.05, 0.1) is 61.8 Å². The number of hydrogen-bond acceptors (Lipinski definition) is 9. The van der Waals surface area contributed by atoms with Gasteiger partial charge in [0, 0.05) is 40.7 Å². The van der Waals surface area contributed by atoms with Crippen LogP contribution in [0.15, 0.2) is 85.2 Å². The van der Waals surface area contributed by atoms with Crippen LogP contribution < -0.4 is 15.4 Å². The number of aromatic amines is 2. The number of alkyl carbamates (subject to hydrolysis) is 2. The van der Waals surface area contributed by atoms with Gasteiger partial charge in [-0.1, -0.05) is 83.5 Å². The fraction of sp³-hybridized carbons (Fsp3) is 0.400. The zero-order valence-corrected chi connectivity index (χ0v) is 38.6. The average molecular weight is 898 g/mol. The standard InChI is InChI=1S/C50H59N9O7/c1-8-9-21-57(46(60)43(29(2)3)55-49(62)64-6)28-42-51-26-36(53-42)32-18-20-38-34(23-32)24-40-35-19-17-33(25-41(35)66-48(59(38)40)31-14-11-10-12-15-31)37-27-52-45(54-37)39-16-13-22-58(39)47(61)44(30(4)5)56-50(63)65-7/h10-12,14-15,17-20,23-27,29-30,39,43-44,48H,8-9,13,16,21-22,28H2,1-7H3,(H,51,53)(H,52,54)(H,55,62)(H,56,63)/t39-,43-,44-,48-/m0/s1.